The van der Waals surface area contributed by atoms with Crippen LogP contribution in [0.1, 0.15) is 28.8 Å². The lowest BCUT2D eigenvalue weighted by Crippen LogP contribution is -2.55. The van der Waals surface area contributed by atoms with E-state index in [1.54, 1.807) is 24.3 Å². The van der Waals surface area contributed by atoms with Gasteiger partial charge in [0.15, 0.2) is 0 Å². The molecular weight excluding hydrogens is 382 g/mol. The van der Waals surface area contributed by atoms with Crippen LogP contribution in [0.15, 0.2) is 60.7 Å². The SMILES string of the molecule is COc1nc(OC(C(=O)O)C(N)(c2ccccc2)c2ccccc2)nc2c1CCC2. The molecule has 2 aromatic carbocycles. The molecule has 0 saturated carbocycles. The van der Waals surface area contributed by atoms with Gasteiger partial charge in [0.25, 0.3) is 0 Å². The summed E-state index contributed by atoms with van der Waals surface area (Å²) in [6, 6.07) is 18.0. The number of aryl methyl sites for hydroxylation is 1. The topological polar surface area (TPSA) is 108 Å². The maximum atomic E-state index is 12.4. The maximum Gasteiger partial charge on any atom is 0.347 e. The number of aliphatic carboxylic acids is 1. The Morgan fingerprint density at radius 2 is 1.63 bits per heavy atom. The second kappa shape index (κ2) is 8.12. The number of nitrogens with zero attached hydrogens (tertiary/aromatic N) is 2. The molecule has 3 aromatic rings. The lowest BCUT2D eigenvalue weighted by Gasteiger charge is -2.35. The van der Waals surface area contributed by atoms with Gasteiger partial charge in [-0.15, -0.1) is 0 Å². The molecule has 154 valence electrons. The van der Waals surface area contributed by atoms with Crippen molar-refractivity contribution in [3.8, 4) is 11.9 Å². The predicted octanol–water partition coefficient (Wildman–Crippen LogP) is 2.71. The number of hydrogen-bond donors (Lipinski definition) is 2. The van der Waals surface area contributed by atoms with Gasteiger partial charge in [-0.05, 0) is 30.4 Å². The Kier molecular flexibility index (Phi) is 5.37. The lowest BCUT2D eigenvalue weighted by atomic mass is 9.79. The molecule has 0 bridgehead atoms. The van der Waals surface area contributed by atoms with Gasteiger partial charge in [-0.3, -0.25) is 0 Å². The highest BCUT2D eigenvalue weighted by atomic mass is 16.5. The number of carbonyl (C=O) groups is 1. The molecule has 1 atom stereocenters. The molecule has 0 radical (unpaired) electrons. The number of aromatic nitrogens is 2. The molecule has 4 rings (SSSR count). The summed E-state index contributed by atoms with van der Waals surface area (Å²) in [5.74, 6) is -0.799. The first-order chi connectivity index (χ1) is 14.5. The van der Waals surface area contributed by atoms with E-state index in [2.05, 4.69) is 9.97 Å². The van der Waals surface area contributed by atoms with Crippen LogP contribution in [0, 0.1) is 0 Å². The molecule has 0 amide bonds. The zero-order chi connectivity index (χ0) is 21.1. The maximum absolute atomic E-state index is 12.4. The van der Waals surface area contributed by atoms with Crippen LogP contribution in [0.5, 0.6) is 11.9 Å². The van der Waals surface area contributed by atoms with Crippen molar-refractivity contribution in [1.29, 1.82) is 0 Å². The fraction of sp³-hybridized carbons (Fsp3) is 0.261. The summed E-state index contributed by atoms with van der Waals surface area (Å²) in [7, 11) is 1.53. The number of nitrogens with two attached hydrogens (primary N) is 1. The fourth-order valence-electron chi connectivity index (χ4n) is 3.94. The molecule has 0 spiro atoms. The largest absolute Gasteiger partial charge is 0.481 e. The first kappa shape index (κ1) is 19.8. The smallest absolute Gasteiger partial charge is 0.347 e. The monoisotopic (exact) mass is 405 g/mol. The molecule has 3 N–H and O–H groups in total. The number of carboxylic acid groups (broad SMARTS) is 1. The molecule has 1 aliphatic rings. The summed E-state index contributed by atoms with van der Waals surface area (Å²) in [4.78, 5) is 21.2. The van der Waals surface area contributed by atoms with Gasteiger partial charge in [0.2, 0.25) is 12.0 Å². The first-order valence-electron chi connectivity index (χ1n) is 9.77. The second-order valence-corrected chi connectivity index (χ2v) is 7.23. The van der Waals surface area contributed by atoms with E-state index in [9.17, 15) is 9.90 Å². The highest BCUT2D eigenvalue weighted by Crippen LogP contribution is 2.34. The third-order valence-electron chi connectivity index (χ3n) is 5.43. The van der Waals surface area contributed by atoms with Crippen molar-refractivity contribution in [3.63, 3.8) is 0 Å². The van der Waals surface area contributed by atoms with Gasteiger partial charge in [-0.2, -0.15) is 9.97 Å². The van der Waals surface area contributed by atoms with Gasteiger partial charge in [0.05, 0.1) is 12.8 Å². The van der Waals surface area contributed by atoms with Crippen molar-refractivity contribution >= 4 is 5.97 Å². The predicted molar refractivity (Wildman–Crippen MR) is 111 cm³/mol. The second-order valence-electron chi connectivity index (χ2n) is 7.23. The Labute approximate surface area is 174 Å². The summed E-state index contributed by atoms with van der Waals surface area (Å²) in [5.41, 5.74) is 8.34. The van der Waals surface area contributed by atoms with Crippen LogP contribution in [-0.2, 0) is 23.2 Å². The minimum Gasteiger partial charge on any atom is -0.481 e. The van der Waals surface area contributed by atoms with Crippen molar-refractivity contribution in [2.45, 2.75) is 30.9 Å². The Hall–Kier alpha value is -3.45. The van der Waals surface area contributed by atoms with Gasteiger partial charge < -0.3 is 20.3 Å². The zero-order valence-corrected chi connectivity index (χ0v) is 16.6. The number of benzene rings is 2. The van der Waals surface area contributed by atoms with Gasteiger partial charge in [-0.1, -0.05) is 60.7 Å². The minimum atomic E-state index is -1.47. The van der Waals surface area contributed by atoms with Gasteiger partial charge in [0.1, 0.15) is 5.54 Å². The van der Waals surface area contributed by atoms with Crippen molar-refractivity contribution in [2.75, 3.05) is 7.11 Å². The standard InChI is InChI=1S/C23H23N3O4/c1-29-20-17-13-8-14-18(17)25-22(26-20)30-19(21(27)28)23(24,15-9-4-2-5-10-15)16-11-6-3-7-12-16/h2-7,9-12,19H,8,13-14,24H2,1H3,(H,27,28). The number of rotatable bonds is 7. The van der Waals surface area contributed by atoms with Crippen molar-refractivity contribution < 1.29 is 19.4 Å². The molecule has 1 aromatic heterocycles. The Bertz CT molecular complexity index is 1000. The van der Waals surface area contributed by atoms with Crippen LogP contribution in [0.2, 0.25) is 0 Å². The summed E-state index contributed by atoms with van der Waals surface area (Å²) < 4.78 is 11.3. The van der Waals surface area contributed by atoms with E-state index in [1.165, 1.54) is 7.11 Å². The van der Waals surface area contributed by atoms with E-state index in [4.69, 9.17) is 15.2 Å². The van der Waals surface area contributed by atoms with Crippen LogP contribution in [0.4, 0.5) is 0 Å². The van der Waals surface area contributed by atoms with Crippen LogP contribution in [0.25, 0.3) is 0 Å². The molecule has 0 fully saturated rings. The summed E-state index contributed by atoms with van der Waals surface area (Å²) in [6.07, 6.45) is 1.08. The number of hydrogen-bond acceptors (Lipinski definition) is 6. The van der Waals surface area contributed by atoms with Gasteiger partial charge >= 0.3 is 12.0 Å². The molecule has 1 unspecified atom stereocenters. The van der Waals surface area contributed by atoms with Crippen LogP contribution >= 0.6 is 0 Å². The van der Waals surface area contributed by atoms with E-state index in [-0.39, 0.29) is 6.01 Å². The zero-order valence-electron chi connectivity index (χ0n) is 16.6. The van der Waals surface area contributed by atoms with Crippen LogP contribution in [-0.4, -0.2) is 34.3 Å². The normalized spacial score (nSPS) is 14.1. The van der Waals surface area contributed by atoms with E-state index < -0.39 is 17.6 Å². The molecule has 1 aliphatic carbocycles. The number of carboxylic acids is 1. The molecular formula is C23H23N3O4. The summed E-state index contributed by atoms with van der Waals surface area (Å²) >= 11 is 0. The number of methoxy groups -OCH3 is 1. The number of ether oxygens (including phenoxy) is 2. The van der Waals surface area contributed by atoms with Crippen molar-refractivity contribution in [2.24, 2.45) is 5.73 Å². The molecule has 0 aliphatic heterocycles. The molecule has 7 heteroatoms. The van der Waals surface area contributed by atoms with Gasteiger partial charge in [0, 0.05) is 5.56 Å². The minimum absolute atomic E-state index is 0.0541. The highest BCUT2D eigenvalue weighted by Gasteiger charge is 2.46. The molecule has 1 heterocycles. The third-order valence-corrected chi connectivity index (χ3v) is 5.43. The fourth-order valence-corrected chi connectivity index (χ4v) is 3.94. The van der Waals surface area contributed by atoms with Crippen molar-refractivity contribution in [3.05, 3.63) is 83.0 Å². The van der Waals surface area contributed by atoms with E-state index in [1.807, 2.05) is 36.4 Å². The summed E-state index contributed by atoms with van der Waals surface area (Å²) in [6.45, 7) is 0. The molecule has 30 heavy (non-hydrogen) atoms. The van der Waals surface area contributed by atoms with Crippen molar-refractivity contribution in [1.82, 2.24) is 9.97 Å². The first-order valence-corrected chi connectivity index (χ1v) is 9.77. The lowest BCUT2D eigenvalue weighted by molar-refractivity contribution is -0.148. The number of fused-ring (bicyclic) bond motifs is 1. The Morgan fingerprint density at radius 3 is 2.17 bits per heavy atom. The Balaban J connectivity index is 1.81. The van der Waals surface area contributed by atoms with E-state index in [0.29, 0.717) is 17.0 Å². The highest BCUT2D eigenvalue weighted by molar-refractivity contribution is 5.76. The average molecular weight is 405 g/mol. The van der Waals surface area contributed by atoms with Crippen LogP contribution in [0.3, 0.4) is 0 Å². The Morgan fingerprint density at radius 1 is 1.03 bits per heavy atom. The molecule has 0 saturated heterocycles. The summed E-state index contributed by atoms with van der Waals surface area (Å²) in [5, 5.41) is 10.1. The average Bonchev–Trinajstić information content (AvgIpc) is 3.26. The third kappa shape index (κ3) is 3.48. The quantitative estimate of drug-likeness (QED) is 0.622. The van der Waals surface area contributed by atoms with E-state index in [0.717, 1.165) is 30.5 Å². The van der Waals surface area contributed by atoms with Gasteiger partial charge in [-0.25, -0.2) is 4.79 Å². The van der Waals surface area contributed by atoms with E-state index >= 15 is 0 Å². The molecule has 7 nitrogen and oxygen atoms in total. The van der Waals surface area contributed by atoms with Crippen LogP contribution < -0.4 is 15.2 Å².